The van der Waals surface area contributed by atoms with Crippen LogP contribution in [-0.2, 0) is 6.42 Å². The molecule has 0 spiro atoms. The molecule has 2 rings (SSSR count). The zero-order chi connectivity index (χ0) is 17.5. The molecule has 2 aromatic rings. The number of halogens is 1. The normalized spacial score (nSPS) is 10.2. The third kappa shape index (κ3) is 4.41. The Bertz CT molecular complexity index is 701. The molecule has 0 saturated heterocycles. The van der Waals surface area contributed by atoms with Crippen molar-refractivity contribution in [1.82, 2.24) is 5.32 Å². The van der Waals surface area contributed by atoms with E-state index >= 15 is 0 Å². The summed E-state index contributed by atoms with van der Waals surface area (Å²) in [6, 6.07) is 10.9. The summed E-state index contributed by atoms with van der Waals surface area (Å²) in [4.78, 5) is 12.1. The Hall–Kier alpha value is -2.21. The molecule has 0 atom stereocenters. The van der Waals surface area contributed by atoms with Gasteiger partial charge in [-0.05, 0) is 36.8 Å². The SMILES string of the molecule is COc1cc(CCNC(=O)c2ccc(Br)cc2)c(OC)c(OC)c1. The zero-order valence-corrected chi connectivity index (χ0v) is 15.5. The number of rotatable bonds is 7. The summed E-state index contributed by atoms with van der Waals surface area (Å²) in [5.74, 6) is 1.82. The van der Waals surface area contributed by atoms with Crippen LogP contribution < -0.4 is 19.5 Å². The van der Waals surface area contributed by atoms with E-state index in [2.05, 4.69) is 21.2 Å². The van der Waals surface area contributed by atoms with Gasteiger partial charge >= 0.3 is 0 Å². The van der Waals surface area contributed by atoms with E-state index in [-0.39, 0.29) is 5.91 Å². The van der Waals surface area contributed by atoms with Gasteiger partial charge in [-0.3, -0.25) is 4.79 Å². The molecule has 0 aliphatic rings. The summed E-state index contributed by atoms with van der Waals surface area (Å²) < 4.78 is 17.0. The van der Waals surface area contributed by atoms with Crippen molar-refractivity contribution in [2.45, 2.75) is 6.42 Å². The second-order valence-electron chi connectivity index (χ2n) is 5.03. The quantitative estimate of drug-likeness (QED) is 0.782. The van der Waals surface area contributed by atoms with Crippen LogP contribution in [0.4, 0.5) is 0 Å². The summed E-state index contributed by atoms with van der Waals surface area (Å²) in [5, 5.41) is 2.90. The number of benzene rings is 2. The molecule has 0 bridgehead atoms. The van der Waals surface area contributed by atoms with Gasteiger partial charge in [0.1, 0.15) is 5.75 Å². The molecule has 2 aromatic carbocycles. The molecular formula is C18H20BrNO4. The molecule has 0 aliphatic heterocycles. The van der Waals surface area contributed by atoms with E-state index in [1.165, 1.54) is 0 Å². The molecule has 0 fully saturated rings. The van der Waals surface area contributed by atoms with E-state index in [1.54, 1.807) is 39.5 Å². The van der Waals surface area contributed by atoms with Crippen LogP contribution in [0, 0.1) is 0 Å². The lowest BCUT2D eigenvalue weighted by Gasteiger charge is -2.15. The van der Waals surface area contributed by atoms with Gasteiger partial charge in [-0.2, -0.15) is 0 Å². The van der Waals surface area contributed by atoms with Crippen molar-refractivity contribution < 1.29 is 19.0 Å². The number of amides is 1. The van der Waals surface area contributed by atoms with E-state index in [4.69, 9.17) is 14.2 Å². The predicted molar refractivity (Wildman–Crippen MR) is 96.3 cm³/mol. The van der Waals surface area contributed by atoms with Crippen molar-refractivity contribution in [3.05, 3.63) is 52.0 Å². The summed E-state index contributed by atoms with van der Waals surface area (Å²) in [6.45, 7) is 0.474. The maximum absolute atomic E-state index is 12.1. The highest BCUT2D eigenvalue weighted by molar-refractivity contribution is 9.10. The smallest absolute Gasteiger partial charge is 0.251 e. The maximum atomic E-state index is 12.1. The van der Waals surface area contributed by atoms with E-state index in [0.717, 1.165) is 10.0 Å². The van der Waals surface area contributed by atoms with Gasteiger partial charge in [0.25, 0.3) is 5.91 Å². The van der Waals surface area contributed by atoms with Crippen LogP contribution in [0.3, 0.4) is 0 Å². The van der Waals surface area contributed by atoms with E-state index < -0.39 is 0 Å². The van der Waals surface area contributed by atoms with Gasteiger partial charge in [-0.15, -0.1) is 0 Å². The fourth-order valence-corrected chi connectivity index (χ4v) is 2.60. The molecule has 0 saturated carbocycles. The highest BCUT2D eigenvalue weighted by atomic mass is 79.9. The van der Waals surface area contributed by atoms with E-state index in [1.807, 2.05) is 18.2 Å². The summed E-state index contributed by atoms with van der Waals surface area (Å²) in [6.07, 6.45) is 0.596. The predicted octanol–water partition coefficient (Wildman–Crippen LogP) is 3.45. The van der Waals surface area contributed by atoms with Crippen molar-refractivity contribution in [1.29, 1.82) is 0 Å². The highest BCUT2D eigenvalue weighted by Crippen LogP contribution is 2.35. The van der Waals surface area contributed by atoms with Gasteiger partial charge in [0.2, 0.25) is 0 Å². The molecule has 24 heavy (non-hydrogen) atoms. The van der Waals surface area contributed by atoms with Gasteiger partial charge < -0.3 is 19.5 Å². The summed E-state index contributed by atoms with van der Waals surface area (Å²) >= 11 is 3.35. The second kappa shape index (κ2) is 8.59. The molecule has 0 unspecified atom stereocenters. The summed E-state index contributed by atoms with van der Waals surface area (Å²) in [7, 11) is 4.77. The Balaban J connectivity index is 2.05. The fraction of sp³-hybridized carbons (Fsp3) is 0.278. The molecule has 1 amide bonds. The average molecular weight is 394 g/mol. The standard InChI is InChI=1S/C18H20BrNO4/c1-22-15-10-13(17(24-3)16(11-15)23-2)8-9-20-18(21)12-4-6-14(19)7-5-12/h4-7,10-11H,8-9H2,1-3H3,(H,20,21). The number of carbonyl (C=O) groups is 1. The third-order valence-corrected chi connectivity index (χ3v) is 4.08. The number of carbonyl (C=O) groups excluding carboxylic acids is 1. The van der Waals surface area contributed by atoms with Gasteiger partial charge in [-0.25, -0.2) is 0 Å². The van der Waals surface area contributed by atoms with Crippen LogP contribution in [0.5, 0.6) is 17.2 Å². The number of nitrogens with one attached hydrogen (secondary N) is 1. The Morgan fingerprint density at radius 3 is 2.33 bits per heavy atom. The van der Waals surface area contributed by atoms with Crippen LogP contribution in [0.25, 0.3) is 0 Å². The molecule has 0 aromatic heterocycles. The zero-order valence-electron chi connectivity index (χ0n) is 13.9. The lowest BCUT2D eigenvalue weighted by molar-refractivity contribution is 0.0954. The number of methoxy groups -OCH3 is 3. The first-order chi connectivity index (χ1) is 11.6. The van der Waals surface area contributed by atoms with Crippen LogP contribution in [0.15, 0.2) is 40.9 Å². The Kier molecular flexibility index (Phi) is 6.49. The molecule has 6 heteroatoms. The van der Waals surface area contributed by atoms with Crippen LogP contribution in [-0.4, -0.2) is 33.8 Å². The van der Waals surface area contributed by atoms with Crippen molar-refractivity contribution >= 4 is 21.8 Å². The minimum absolute atomic E-state index is 0.115. The first-order valence-electron chi connectivity index (χ1n) is 7.41. The van der Waals surface area contributed by atoms with Gasteiger partial charge in [0.05, 0.1) is 21.3 Å². The minimum Gasteiger partial charge on any atom is -0.497 e. The van der Waals surface area contributed by atoms with Gasteiger partial charge in [0, 0.05) is 28.2 Å². The van der Waals surface area contributed by atoms with Crippen LogP contribution in [0.1, 0.15) is 15.9 Å². The average Bonchev–Trinajstić information content (AvgIpc) is 2.61. The van der Waals surface area contributed by atoms with Crippen LogP contribution in [0.2, 0.25) is 0 Å². The summed E-state index contributed by atoms with van der Waals surface area (Å²) in [5.41, 5.74) is 1.53. The molecule has 5 nitrogen and oxygen atoms in total. The maximum Gasteiger partial charge on any atom is 0.251 e. The minimum atomic E-state index is -0.115. The van der Waals surface area contributed by atoms with Crippen molar-refractivity contribution in [2.75, 3.05) is 27.9 Å². The van der Waals surface area contributed by atoms with Crippen molar-refractivity contribution in [3.63, 3.8) is 0 Å². The molecule has 0 radical (unpaired) electrons. The van der Waals surface area contributed by atoms with Gasteiger partial charge in [0.15, 0.2) is 11.5 Å². The second-order valence-corrected chi connectivity index (χ2v) is 5.95. The lowest BCUT2D eigenvalue weighted by Crippen LogP contribution is -2.25. The molecule has 0 heterocycles. The number of hydrogen-bond donors (Lipinski definition) is 1. The Morgan fingerprint density at radius 1 is 1.04 bits per heavy atom. The Morgan fingerprint density at radius 2 is 1.75 bits per heavy atom. The molecule has 0 aliphatic carbocycles. The van der Waals surface area contributed by atoms with Crippen molar-refractivity contribution in [3.8, 4) is 17.2 Å². The Labute approximate surface area is 150 Å². The first kappa shape index (κ1) is 18.1. The number of ether oxygens (including phenoxy) is 3. The lowest BCUT2D eigenvalue weighted by atomic mass is 10.1. The fourth-order valence-electron chi connectivity index (χ4n) is 2.33. The monoisotopic (exact) mass is 393 g/mol. The van der Waals surface area contributed by atoms with E-state index in [9.17, 15) is 4.79 Å². The van der Waals surface area contributed by atoms with E-state index in [0.29, 0.717) is 35.8 Å². The molecular weight excluding hydrogens is 374 g/mol. The molecule has 128 valence electrons. The van der Waals surface area contributed by atoms with Crippen molar-refractivity contribution in [2.24, 2.45) is 0 Å². The molecule has 1 N–H and O–H groups in total. The first-order valence-corrected chi connectivity index (χ1v) is 8.21. The number of hydrogen-bond acceptors (Lipinski definition) is 4. The largest absolute Gasteiger partial charge is 0.497 e. The highest BCUT2D eigenvalue weighted by Gasteiger charge is 2.13. The topological polar surface area (TPSA) is 56.8 Å². The van der Waals surface area contributed by atoms with Gasteiger partial charge in [-0.1, -0.05) is 15.9 Å². The third-order valence-electron chi connectivity index (χ3n) is 3.55. The van der Waals surface area contributed by atoms with Crippen LogP contribution >= 0.6 is 15.9 Å².